The van der Waals surface area contributed by atoms with Gasteiger partial charge in [0.1, 0.15) is 23.7 Å². The molecule has 0 bridgehead atoms. The smallest absolute Gasteiger partial charge is 0.459 e. The number of esters is 1. The number of fused-ring (bicyclic) bond motifs is 2. The summed E-state index contributed by atoms with van der Waals surface area (Å²) >= 11 is 12.7. The summed E-state index contributed by atoms with van der Waals surface area (Å²) in [5.41, 5.74) is 6.97. The molecule has 5 rings (SSSR count). The van der Waals surface area contributed by atoms with Crippen molar-refractivity contribution in [2.24, 2.45) is 22.6 Å². The van der Waals surface area contributed by atoms with Gasteiger partial charge in [0.2, 0.25) is 0 Å². The Hall–Kier alpha value is -6.49. The summed E-state index contributed by atoms with van der Waals surface area (Å²) in [6.45, 7) is 13.2. The second-order valence-corrected chi connectivity index (χ2v) is 22.2. The number of rotatable bonds is 27. The third-order valence-electron chi connectivity index (χ3n) is 12.1. The zero-order chi connectivity index (χ0) is 56.9. The van der Waals surface area contributed by atoms with Gasteiger partial charge < -0.3 is 24.3 Å². The summed E-state index contributed by atoms with van der Waals surface area (Å²) in [5.74, 6) is -1.73. The Labute approximate surface area is 468 Å². The molecule has 5 aromatic rings. The fourth-order valence-corrected chi connectivity index (χ4v) is 9.14. The van der Waals surface area contributed by atoms with E-state index < -0.39 is 67.8 Å². The van der Waals surface area contributed by atoms with E-state index in [4.69, 9.17) is 54.9 Å². The average Bonchev–Trinajstić information content (AvgIpc) is 3.37. The molecular formula is C57H72BCl2FN7O9P. The number of carbonyl (C=O) groups is 5. The minimum absolute atomic E-state index is 0.000959. The molecule has 0 saturated carbocycles. The first kappa shape index (κ1) is 62.4. The minimum atomic E-state index is -2.58. The van der Waals surface area contributed by atoms with Gasteiger partial charge in [0.05, 0.1) is 6.61 Å². The van der Waals surface area contributed by atoms with Gasteiger partial charge >= 0.3 is 140 Å². The van der Waals surface area contributed by atoms with Crippen molar-refractivity contribution >= 4 is 95.2 Å². The number of nitrogens with one attached hydrogen (secondary N) is 5. The first-order valence-corrected chi connectivity index (χ1v) is 28.2. The molecule has 0 spiro atoms. The van der Waals surface area contributed by atoms with Crippen LogP contribution >= 0.6 is 30.9 Å². The Morgan fingerprint density at radius 2 is 1.27 bits per heavy atom. The molecule has 418 valence electrons. The number of aliphatic imine (C=N–C) groups is 1. The van der Waals surface area contributed by atoms with Crippen LogP contribution in [0.3, 0.4) is 0 Å². The number of guanidine groups is 1. The van der Waals surface area contributed by atoms with Crippen LogP contribution in [0.4, 0.5) is 8.99 Å². The van der Waals surface area contributed by atoms with Gasteiger partial charge in [-0.15, -0.1) is 0 Å². The molecule has 21 heteroatoms. The number of hydrogen-bond acceptors (Lipinski definition) is 10. The number of benzene rings is 5. The zero-order valence-corrected chi connectivity index (χ0v) is 47.8. The topological polar surface area (TPSA) is 221 Å². The predicted octanol–water partition coefficient (Wildman–Crippen LogP) is 10.8. The number of carbonyl (C=O) groups excluding carboxylic acids is 5. The van der Waals surface area contributed by atoms with E-state index in [1.54, 1.807) is 39.0 Å². The molecule has 78 heavy (non-hydrogen) atoms. The van der Waals surface area contributed by atoms with E-state index in [9.17, 15) is 28.2 Å². The van der Waals surface area contributed by atoms with Crippen LogP contribution in [0, 0.1) is 11.8 Å². The van der Waals surface area contributed by atoms with Crippen LogP contribution < -0.4 is 41.6 Å². The molecule has 0 radical (unpaired) electrons. The maximum absolute atomic E-state index is 14.6. The fraction of sp³-hybridized carbons (Fsp3) is 0.439. The number of nitrogens with zero attached hydrogens (tertiary/aromatic N) is 1. The first-order valence-electron chi connectivity index (χ1n) is 26.1. The van der Waals surface area contributed by atoms with Crippen LogP contribution in [-0.4, -0.2) is 92.8 Å². The van der Waals surface area contributed by atoms with Crippen LogP contribution in [0.25, 0.3) is 32.7 Å². The number of halogens is 3. The number of nitrogens with two attached hydrogens (primary N) is 1. The number of ether oxygens (including phenoxy) is 4. The van der Waals surface area contributed by atoms with Gasteiger partial charge in [0.15, 0.2) is 6.61 Å². The van der Waals surface area contributed by atoms with Crippen molar-refractivity contribution in [1.82, 2.24) is 26.4 Å². The summed E-state index contributed by atoms with van der Waals surface area (Å²) in [7, 11) is 2.64. The van der Waals surface area contributed by atoms with Gasteiger partial charge in [-0.2, -0.15) is 0 Å². The fourth-order valence-electron chi connectivity index (χ4n) is 8.34. The third-order valence-corrected chi connectivity index (χ3v) is 13.2. The molecule has 0 aliphatic heterocycles. The normalized spacial score (nSPS) is 13.1. The van der Waals surface area contributed by atoms with Gasteiger partial charge in [-0.25, -0.2) is 9.59 Å². The molecule has 4 amide bonds. The molecular weight excluding hydrogens is 1060 g/mol. The number of hydrogen-bond donors (Lipinski definition) is 6. The molecule has 1 unspecified atom stereocenters. The molecule has 16 nitrogen and oxygen atoms in total. The zero-order valence-electron chi connectivity index (χ0n) is 45.4. The van der Waals surface area contributed by atoms with Crippen LogP contribution in [0.5, 0.6) is 11.5 Å². The van der Waals surface area contributed by atoms with E-state index >= 15 is 0 Å². The second-order valence-electron chi connectivity index (χ2n) is 20.6. The van der Waals surface area contributed by atoms with Gasteiger partial charge in [0, 0.05) is 33.3 Å². The molecule has 0 heterocycles. The molecule has 5 aromatic carbocycles. The van der Waals surface area contributed by atoms with E-state index in [0.717, 1.165) is 39.1 Å². The van der Waals surface area contributed by atoms with Crippen molar-refractivity contribution in [3.63, 3.8) is 0 Å². The molecule has 0 aliphatic rings. The molecule has 4 atom stereocenters. The third kappa shape index (κ3) is 20.1. The van der Waals surface area contributed by atoms with Crippen molar-refractivity contribution in [3.05, 3.63) is 107 Å². The predicted molar refractivity (Wildman–Crippen MR) is 310 cm³/mol. The van der Waals surface area contributed by atoms with Gasteiger partial charge in [0.25, 0.3) is 5.91 Å². The molecule has 0 fully saturated rings. The maximum atomic E-state index is 14.6. The van der Waals surface area contributed by atoms with Gasteiger partial charge in [-0.1, -0.05) is 118 Å². The number of unbranched alkanes of at least 4 members (excludes halogenated alkanes) is 1. The Morgan fingerprint density at radius 1 is 0.705 bits per heavy atom. The van der Waals surface area contributed by atoms with Gasteiger partial charge in [-0.05, 0) is 97.7 Å². The quantitative estimate of drug-likeness (QED) is 0.00725. The van der Waals surface area contributed by atoms with Crippen molar-refractivity contribution in [2.45, 2.75) is 124 Å². The number of amides is 4. The summed E-state index contributed by atoms with van der Waals surface area (Å²) < 4.78 is 37.4. The Balaban J connectivity index is 1.43. The Kier molecular flexibility index (Phi) is 24.5. The Morgan fingerprint density at radius 3 is 1.85 bits per heavy atom. The second kappa shape index (κ2) is 30.6. The monoisotopic (exact) mass is 1130 g/mol. The first-order chi connectivity index (χ1) is 37.1. The minimum Gasteiger partial charge on any atom is -0.459 e. The van der Waals surface area contributed by atoms with E-state index in [2.05, 4.69) is 45.2 Å². The SMILES string of the molecule is B#P(F)NC(N)=NCCC[C@@H](NC(=O)[C@@H](CCCCNC(=O)OC(C)(C)C)NC(=O)COc1ccc2ccccc2c1-c1c(OCCC(C)C)ccc2ccccc12)C(=O)N[C@@H](CC(C)C)C(=O)OCc1c(Cl)cccc1Cl. The summed E-state index contributed by atoms with van der Waals surface area (Å²) in [4.78, 5) is 73.3. The van der Waals surface area contributed by atoms with Crippen molar-refractivity contribution < 1.29 is 47.1 Å². The van der Waals surface area contributed by atoms with Crippen molar-refractivity contribution in [1.29, 1.82) is 0 Å². The van der Waals surface area contributed by atoms with Crippen LogP contribution in [0.2, 0.25) is 10.0 Å². The van der Waals surface area contributed by atoms with Crippen molar-refractivity contribution in [2.75, 3.05) is 26.3 Å². The van der Waals surface area contributed by atoms with Gasteiger partial charge in [-0.3, -0.25) is 4.79 Å². The standard InChI is InChI=1S/C57H72BCl2FN7O9P/c1-35(2)28-31-74-47-26-24-37-16-8-10-18-39(37)50(47)51-40-19-11-9-17-38(40)25-27-48(51)75-34-49(69)65-44(22-12-13-29-64-56(73)77-57(5,6)7)52(70)66-45(23-15-30-63-55(62)68-78(58)61)53(71)67-46(32-36(3)4)54(72)76-33-41-42(59)20-14-21-43(41)60/h8-11,14,16-21,24-27,35-36,44-46H,12-13,15,22-23,28-34H2,1-7H3,(H,64,73)(H,65,69)(H,66,70)(H,67,71)(H3,62,63,68)/t44-,45-,46+/m1/s1. The molecule has 0 aromatic heterocycles. The van der Waals surface area contributed by atoms with Crippen LogP contribution in [0.1, 0.15) is 99.0 Å². The summed E-state index contributed by atoms with van der Waals surface area (Å²) in [6.07, 6.45) is 1.30. The number of alkyl carbamates (subject to hydrolysis) is 1. The average molecular weight is 1130 g/mol. The summed E-state index contributed by atoms with van der Waals surface area (Å²) in [5, 5.41) is 17.6. The van der Waals surface area contributed by atoms with E-state index in [-0.39, 0.29) is 57.3 Å². The van der Waals surface area contributed by atoms with Crippen LogP contribution in [0.15, 0.2) is 96.0 Å². The van der Waals surface area contributed by atoms with Crippen molar-refractivity contribution in [3.8, 4) is 22.6 Å². The molecule has 0 saturated heterocycles. The Bertz CT molecular complexity index is 2970. The van der Waals surface area contributed by atoms with E-state index in [1.807, 2.05) is 86.6 Å². The summed E-state index contributed by atoms with van der Waals surface area (Å²) in [6, 6.07) is 24.7. The molecule has 7 N–H and O–H groups in total. The molecule has 0 aliphatic carbocycles. The van der Waals surface area contributed by atoms with Crippen LogP contribution in [-0.2, 0) is 35.3 Å². The van der Waals surface area contributed by atoms with E-state index in [0.29, 0.717) is 52.5 Å². The van der Waals surface area contributed by atoms with E-state index in [1.165, 1.54) is 0 Å².